The van der Waals surface area contributed by atoms with Gasteiger partial charge in [-0.1, -0.05) is 0 Å². The Hall–Kier alpha value is -1.98. The van der Waals surface area contributed by atoms with Crippen LogP contribution in [0.1, 0.15) is 12.0 Å². The molecule has 2 rings (SSSR count). The van der Waals surface area contributed by atoms with Gasteiger partial charge in [0.05, 0.1) is 7.11 Å². The van der Waals surface area contributed by atoms with Crippen LogP contribution < -0.4 is 14.2 Å². The van der Waals surface area contributed by atoms with Crippen LogP contribution in [0.25, 0.3) is 0 Å². The molecule has 5 nitrogen and oxygen atoms in total. The van der Waals surface area contributed by atoms with Crippen molar-refractivity contribution in [3.8, 4) is 17.2 Å². The summed E-state index contributed by atoms with van der Waals surface area (Å²) in [7, 11) is 1.33. The maximum Gasteiger partial charge on any atom is 0.303 e. The summed E-state index contributed by atoms with van der Waals surface area (Å²) in [6.45, 7) is 0.693. The highest BCUT2D eigenvalue weighted by atomic mass is 19.1. The second-order valence-electron chi connectivity index (χ2n) is 3.79. The van der Waals surface area contributed by atoms with E-state index in [9.17, 15) is 9.18 Å². The molecule has 0 atom stereocenters. The van der Waals surface area contributed by atoms with Crippen LogP contribution in [0.4, 0.5) is 4.39 Å². The van der Waals surface area contributed by atoms with Gasteiger partial charge < -0.3 is 19.3 Å². The van der Waals surface area contributed by atoms with E-state index in [0.717, 1.165) is 0 Å². The highest BCUT2D eigenvalue weighted by Crippen LogP contribution is 2.41. The highest BCUT2D eigenvalue weighted by molar-refractivity contribution is 5.68. The molecule has 98 valence electrons. The molecule has 6 heteroatoms. The molecule has 0 saturated carbocycles. The predicted octanol–water partition coefficient (Wildman–Crippen LogP) is 1.62. The lowest BCUT2D eigenvalue weighted by atomic mass is 10.1. The molecule has 0 radical (unpaired) electrons. The quantitative estimate of drug-likeness (QED) is 0.886. The van der Waals surface area contributed by atoms with Crippen LogP contribution in [0.3, 0.4) is 0 Å². The summed E-state index contributed by atoms with van der Waals surface area (Å²) in [6.07, 6.45) is -0.00241. The Kier molecular flexibility index (Phi) is 3.55. The maximum atomic E-state index is 13.8. The van der Waals surface area contributed by atoms with Crippen molar-refractivity contribution < 1.29 is 28.5 Å². The SMILES string of the molecule is COc1c(F)cc2c(c1CCC(=O)O)OCCO2. The number of halogens is 1. The molecule has 1 aliphatic rings. The minimum atomic E-state index is -0.966. The fourth-order valence-corrected chi connectivity index (χ4v) is 1.88. The number of carboxylic acids is 1. The van der Waals surface area contributed by atoms with Crippen molar-refractivity contribution in [3.63, 3.8) is 0 Å². The molecule has 0 saturated heterocycles. The van der Waals surface area contributed by atoms with Crippen molar-refractivity contribution in [1.82, 2.24) is 0 Å². The van der Waals surface area contributed by atoms with Crippen LogP contribution in [0.15, 0.2) is 6.07 Å². The van der Waals surface area contributed by atoms with Gasteiger partial charge in [-0.05, 0) is 6.42 Å². The van der Waals surface area contributed by atoms with Gasteiger partial charge in [-0.25, -0.2) is 4.39 Å². The Bertz CT molecular complexity index is 472. The van der Waals surface area contributed by atoms with Crippen LogP contribution in [0, 0.1) is 5.82 Å². The summed E-state index contributed by atoms with van der Waals surface area (Å²) < 4.78 is 29.4. The molecule has 1 N–H and O–H groups in total. The van der Waals surface area contributed by atoms with Gasteiger partial charge in [0, 0.05) is 18.1 Å². The van der Waals surface area contributed by atoms with Crippen molar-refractivity contribution in [2.24, 2.45) is 0 Å². The molecule has 0 bridgehead atoms. The molecule has 0 aliphatic carbocycles. The molecule has 1 aromatic rings. The number of rotatable bonds is 4. The molecule has 0 aromatic heterocycles. The van der Waals surface area contributed by atoms with Gasteiger partial charge >= 0.3 is 5.97 Å². The van der Waals surface area contributed by atoms with Gasteiger partial charge in [0.25, 0.3) is 0 Å². The Labute approximate surface area is 103 Å². The van der Waals surface area contributed by atoms with E-state index < -0.39 is 11.8 Å². The molecule has 0 amide bonds. The molecular weight excluding hydrogens is 243 g/mol. The molecule has 0 fully saturated rings. The van der Waals surface area contributed by atoms with E-state index in [0.29, 0.717) is 30.3 Å². The monoisotopic (exact) mass is 256 g/mol. The van der Waals surface area contributed by atoms with E-state index in [1.165, 1.54) is 13.2 Å². The van der Waals surface area contributed by atoms with Crippen LogP contribution >= 0.6 is 0 Å². The Morgan fingerprint density at radius 2 is 2.22 bits per heavy atom. The van der Waals surface area contributed by atoms with Gasteiger partial charge in [0.2, 0.25) is 0 Å². The number of fused-ring (bicyclic) bond motifs is 1. The van der Waals surface area contributed by atoms with Crippen LogP contribution in [0.5, 0.6) is 17.2 Å². The summed E-state index contributed by atoms with van der Waals surface area (Å²) in [5.41, 5.74) is 0.398. The van der Waals surface area contributed by atoms with E-state index in [2.05, 4.69) is 0 Å². The average Bonchev–Trinajstić information content (AvgIpc) is 2.35. The molecule has 1 aliphatic heterocycles. The summed E-state index contributed by atoms with van der Waals surface area (Å²) in [5.74, 6) is -0.866. The average molecular weight is 256 g/mol. The number of hydrogen-bond acceptors (Lipinski definition) is 4. The minimum Gasteiger partial charge on any atom is -0.493 e. The van der Waals surface area contributed by atoms with E-state index in [-0.39, 0.29) is 18.6 Å². The first-order valence-corrected chi connectivity index (χ1v) is 5.50. The predicted molar refractivity (Wildman–Crippen MR) is 59.9 cm³/mol. The van der Waals surface area contributed by atoms with Gasteiger partial charge in [-0.2, -0.15) is 0 Å². The van der Waals surface area contributed by atoms with Gasteiger partial charge in [0.1, 0.15) is 13.2 Å². The zero-order valence-electron chi connectivity index (χ0n) is 9.86. The summed E-state index contributed by atoms with van der Waals surface area (Å²) >= 11 is 0. The first-order chi connectivity index (χ1) is 8.63. The van der Waals surface area contributed by atoms with Crippen molar-refractivity contribution in [2.45, 2.75) is 12.8 Å². The Morgan fingerprint density at radius 1 is 1.50 bits per heavy atom. The molecule has 0 spiro atoms. The lowest BCUT2D eigenvalue weighted by Crippen LogP contribution is -2.18. The van der Waals surface area contributed by atoms with E-state index in [1.807, 2.05) is 0 Å². The number of hydrogen-bond donors (Lipinski definition) is 1. The summed E-state index contributed by atoms with van der Waals surface area (Å²) in [4.78, 5) is 10.6. The molecule has 18 heavy (non-hydrogen) atoms. The Balaban J connectivity index is 2.44. The van der Waals surface area contributed by atoms with Gasteiger partial charge in [-0.3, -0.25) is 4.79 Å². The minimum absolute atomic E-state index is 0.0144. The fraction of sp³-hybridized carbons (Fsp3) is 0.417. The third-order valence-electron chi connectivity index (χ3n) is 2.63. The number of carboxylic acid groups (broad SMARTS) is 1. The smallest absolute Gasteiger partial charge is 0.303 e. The van der Waals surface area contributed by atoms with Crippen molar-refractivity contribution in [2.75, 3.05) is 20.3 Å². The molecule has 1 aromatic carbocycles. The lowest BCUT2D eigenvalue weighted by Gasteiger charge is -2.22. The van der Waals surface area contributed by atoms with E-state index >= 15 is 0 Å². The molecule has 1 heterocycles. The second-order valence-corrected chi connectivity index (χ2v) is 3.79. The number of aliphatic carboxylic acids is 1. The number of carbonyl (C=O) groups is 1. The molecular formula is C12H13FO5. The van der Waals surface area contributed by atoms with Crippen LogP contribution in [0.2, 0.25) is 0 Å². The third kappa shape index (κ3) is 2.32. The summed E-state index contributed by atoms with van der Waals surface area (Å²) in [6, 6.07) is 1.19. The number of benzene rings is 1. The van der Waals surface area contributed by atoms with Crippen molar-refractivity contribution >= 4 is 5.97 Å². The van der Waals surface area contributed by atoms with Crippen molar-refractivity contribution in [1.29, 1.82) is 0 Å². The standard InChI is InChI=1S/C12H13FO5/c1-16-11-7(2-3-10(14)15)12-9(6-8(11)13)17-4-5-18-12/h6H,2-5H2,1H3,(H,14,15). The van der Waals surface area contributed by atoms with Crippen LogP contribution in [-0.2, 0) is 11.2 Å². The first-order valence-electron chi connectivity index (χ1n) is 5.50. The second kappa shape index (κ2) is 5.12. The first kappa shape index (κ1) is 12.5. The fourth-order valence-electron chi connectivity index (χ4n) is 1.88. The zero-order valence-corrected chi connectivity index (χ0v) is 9.86. The third-order valence-corrected chi connectivity index (χ3v) is 2.63. The molecule has 0 unspecified atom stereocenters. The normalized spacial score (nSPS) is 13.2. The van der Waals surface area contributed by atoms with E-state index in [4.69, 9.17) is 19.3 Å². The van der Waals surface area contributed by atoms with Gasteiger partial charge in [0.15, 0.2) is 23.1 Å². The van der Waals surface area contributed by atoms with Crippen LogP contribution in [-0.4, -0.2) is 31.4 Å². The Morgan fingerprint density at radius 3 is 2.89 bits per heavy atom. The van der Waals surface area contributed by atoms with Gasteiger partial charge in [-0.15, -0.1) is 0 Å². The topological polar surface area (TPSA) is 65.0 Å². The number of ether oxygens (including phenoxy) is 3. The highest BCUT2D eigenvalue weighted by Gasteiger charge is 2.24. The number of methoxy groups -OCH3 is 1. The summed E-state index contributed by atoms with van der Waals surface area (Å²) in [5, 5.41) is 8.71. The lowest BCUT2D eigenvalue weighted by molar-refractivity contribution is -0.136. The maximum absolute atomic E-state index is 13.8. The zero-order chi connectivity index (χ0) is 13.1. The van der Waals surface area contributed by atoms with Crippen molar-refractivity contribution in [3.05, 3.63) is 17.4 Å². The largest absolute Gasteiger partial charge is 0.493 e. The van der Waals surface area contributed by atoms with E-state index in [1.54, 1.807) is 0 Å².